The molecule has 0 N–H and O–H groups in total. The summed E-state index contributed by atoms with van der Waals surface area (Å²) in [6.07, 6.45) is 1.04. The lowest BCUT2D eigenvalue weighted by Crippen LogP contribution is -2.43. The van der Waals surface area contributed by atoms with Gasteiger partial charge in [0.2, 0.25) is 0 Å². The summed E-state index contributed by atoms with van der Waals surface area (Å²) in [6, 6.07) is 0.172. The van der Waals surface area contributed by atoms with E-state index in [0.29, 0.717) is 0 Å². The Morgan fingerprint density at radius 3 is 1.75 bits per heavy atom. The zero-order valence-electron chi connectivity index (χ0n) is 11.5. The van der Waals surface area contributed by atoms with Gasteiger partial charge in [0.05, 0.1) is 0 Å². The highest BCUT2D eigenvalue weighted by molar-refractivity contribution is 5.74. The van der Waals surface area contributed by atoms with E-state index in [9.17, 15) is 4.79 Å². The van der Waals surface area contributed by atoms with Gasteiger partial charge in [-0.2, -0.15) is 0 Å². The van der Waals surface area contributed by atoms with Crippen molar-refractivity contribution < 1.29 is 4.79 Å². The van der Waals surface area contributed by atoms with Gasteiger partial charge in [0.25, 0.3) is 0 Å². The Kier molecular flexibility index (Phi) is 7.99. The highest BCUT2D eigenvalue weighted by Gasteiger charge is 2.16. The standard InChI is InChI=1S/C12H27N3O/c1-6-14(7-2)12(16)15(8-3)11-9-10-13(4)5/h6-11H2,1-5H3. The first-order valence-electron chi connectivity index (χ1n) is 6.25. The Hall–Kier alpha value is -0.770. The normalized spacial score (nSPS) is 10.6. The van der Waals surface area contributed by atoms with Crippen LogP contribution in [0.15, 0.2) is 0 Å². The number of hydrogen-bond donors (Lipinski definition) is 0. The molecule has 0 aliphatic rings. The van der Waals surface area contributed by atoms with Crippen molar-refractivity contribution in [1.29, 1.82) is 0 Å². The zero-order chi connectivity index (χ0) is 12.6. The van der Waals surface area contributed by atoms with Gasteiger partial charge in [-0.1, -0.05) is 0 Å². The largest absolute Gasteiger partial charge is 0.325 e. The Morgan fingerprint density at radius 2 is 1.38 bits per heavy atom. The molecule has 0 spiro atoms. The molecule has 0 atom stereocenters. The smallest absolute Gasteiger partial charge is 0.319 e. The van der Waals surface area contributed by atoms with Crippen molar-refractivity contribution in [1.82, 2.24) is 14.7 Å². The lowest BCUT2D eigenvalue weighted by molar-refractivity contribution is 0.157. The van der Waals surface area contributed by atoms with Crippen molar-refractivity contribution in [2.24, 2.45) is 0 Å². The average molecular weight is 229 g/mol. The van der Waals surface area contributed by atoms with Crippen molar-refractivity contribution in [3.05, 3.63) is 0 Å². The summed E-state index contributed by atoms with van der Waals surface area (Å²) < 4.78 is 0. The van der Waals surface area contributed by atoms with Crippen molar-refractivity contribution in [3.8, 4) is 0 Å². The topological polar surface area (TPSA) is 26.8 Å². The molecule has 0 saturated carbocycles. The highest BCUT2D eigenvalue weighted by Crippen LogP contribution is 2.00. The van der Waals surface area contributed by atoms with Crippen LogP contribution in [-0.4, -0.2) is 67.5 Å². The van der Waals surface area contributed by atoms with E-state index in [4.69, 9.17) is 0 Å². The number of urea groups is 1. The average Bonchev–Trinajstić information content (AvgIpc) is 2.25. The quantitative estimate of drug-likeness (QED) is 0.664. The molecule has 0 aliphatic carbocycles. The molecule has 96 valence electrons. The second kappa shape index (κ2) is 8.39. The van der Waals surface area contributed by atoms with Crippen LogP contribution in [0.5, 0.6) is 0 Å². The van der Waals surface area contributed by atoms with Crippen molar-refractivity contribution in [2.45, 2.75) is 27.2 Å². The summed E-state index contributed by atoms with van der Waals surface area (Å²) >= 11 is 0. The third-order valence-corrected chi connectivity index (χ3v) is 2.72. The van der Waals surface area contributed by atoms with Crippen LogP contribution in [0.4, 0.5) is 4.79 Å². The molecule has 4 nitrogen and oxygen atoms in total. The monoisotopic (exact) mass is 229 g/mol. The van der Waals surface area contributed by atoms with Crippen LogP contribution in [0, 0.1) is 0 Å². The summed E-state index contributed by atoms with van der Waals surface area (Å²) in [5, 5.41) is 0. The van der Waals surface area contributed by atoms with Crippen LogP contribution < -0.4 is 0 Å². The van der Waals surface area contributed by atoms with Gasteiger partial charge in [0.15, 0.2) is 0 Å². The van der Waals surface area contributed by atoms with Crippen LogP contribution in [0.25, 0.3) is 0 Å². The molecule has 0 radical (unpaired) electrons. The minimum Gasteiger partial charge on any atom is -0.325 e. The number of rotatable bonds is 7. The maximum absolute atomic E-state index is 12.1. The fraction of sp³-hybridized carbons (Fsp3) is 0.917. The Bertz CT molecular complexity index is 191. The van der Waals surface area contributed by atoms with Gasteiger partial charge in [-0.25, -0.2) is 4.79 Å². The van der Waals surface area contributed by atoms with Crippen LogP contribution in [-0.2, 0) is 0 Å². The summed E-state index contributed by atoms with van der Waals surface area (Å²) in [6.45, 7) is 10.3. The van der Waals surface area contributed by atoms with Crippen LogP contribution in [0.1, 0.15) is 27.2 Å². The Labute approximate surface area is 100 Å². The van der Waals surface area contributed by atoms with E-state index in [1.165, 1.54) is 0 Å². The molecule has 0 unspecified atom stereocenters. The number of carbonyl (C=O) groups is 1. The summed E-state index contributed by atoms with van der Waals surface area (Å²) in [4.78, 5) is 18.0. The molecule has 0 bridgehead atoms. The fourth-order valence-electron chi connectivity index (χ4n) is 1.66. The molecular weight excluding hydrogens is 202 g/mol. The van der Waals surface area contributed by atoms with Gasteiger partial charge < -0.3 is 14.7 Å². The number of nitrogens with zero attached hydrogens (tertiary/aromatic N) is 3. The highest BCUT2D eigenvalue weighted by atomic mass is 16.2. The lowest BCUT2D eigenvalue weighted by atomic mass is 10.3. The molecule has 0 heterocycles. The molecule has 0 aliphatic heterocycles. The molecule has 16 heavy (non-hydrogen) atoms. The summed E-state index contributed by atoms with van der Waals surface area (Å²) in [7, 11) is 4.12. The SMILES string of the molecule is CCN(CC)C(=O)N(CC)CCCN(C)C. The maximum atomic E-state index is 12.1. The summed E-state index contributed by atoms with van der Waals surface area (Å²) in [5.41, 5.74) is 0. The zero-order valence-corrected chi connectivity index (χ0v) is 11.5. The van der Waals surface area contributed by atoms with Gasteiger partial charge in [-0.15, -0.1) is 0 Å². The molecule has 0 fully saturated rings. The minimum atomic E-state index is 0.172. The number of carbonyl (C=O) groups excluding carboxylic acids is 1. The molecule has 4 heteroatoms. The van der Waals surface area contributed by atoms with E-state index < -0.39 is 0 Å². The van der Waals surface area contributed by atoms with E-state index in [-0.39, 0.29) is 6.03 Å². The van der Waals surface area contributed by atoms with Crippen molar-refractivity contribution in [3.63, 3.8) is 0 Å². The molecule has 0 aromatic heterocycles. The van der Waals surface area contributed by atoms with E-state index in [1.54, 1.807) is 0 Å². The van der Waals surface area contributed by atoms with E-state index in [0.717, 1.165) is 39.1 Å². The predicted molar refractivity (Wildman–Crippen MR) is 68.7 cm³/mol. The van der Waals surface area contributed by atoms with Gasteiger partial charge in [-0.05, 0) is 47.8 Å². The third-order valence-electron chi connectivity index (χ3n) is 2.72. The maximum Gasteiger partial charge on any atom is 0.319 e. The van der Waals surface area contributed by atoms with Crippen LogP contribution >= 0.6 is 0 Å². The van der Waals surface area contributed by atoms with Crippen LogP contribution in [0.2, 0.25) is 0 Å². The Morgan fingerprint density at radius 1 is 0.875 bits per heavy atom. The fourth-order valence-corrected chi connectivity index (χ4v) is 1.66. The van der Waals surface area contributed by atoms with E-state index in [2.05, 4.69) is 19.0 Å². The van der Waals surface area contributed by atoms with Crippen molar-refractivity contribution >= 4 is 6.03 Å². The third kappa shape index (κ3) is 5.35. The van der Waals surface area contributed by atoms with Gasteiger partial charge >= 0.3 is 6.03 Å². The van der Waals surface area contributed by atoms with Gasteiger partial charge in [-0.3, -0.25) is 0 Å². The molecular formula is C12H27N3O. The summed E-state index contributed by atoms with van der Waals surface area (Å²) in [5.74, 6) is 0. The second-order valence-electron chi connectivity index (χ2n) is 4.19. The van der Waals surface area contributed by atoms with E-state index in [1.807, 2.05) is 30.6 Å². The molecule has 0 aromatic rings. The first-order chi connectivity index (χ1) is 7.56. The molecule has 0 aromatic carbocycles. The van der Waals surface area contributed by atoms with Gasteiger partial charge in [0, 0.05) is 26.2 Å². The predicted octanol–water partition coefficient (Wildman–Crippen LogP) is 1.72. The Balaban J connectivity index is 4.10. The van der Waals surface area contributed by atoms with Gasteiger partial charge in [0.1, 0.15) is 0 Å². The van der Waals surface area contributed by atoms with E-state index >= 15 is 0 Å². The first-order valence-corrected chi connectivity index (χ1v) is 6.25. The first kappa shape index (κ1) is 15.2. The second-order valence-corrected chi connectivity index (χ2v) is 4.19. The molecule has 0 rings (SSSR count). The molecule has 0 saturated heterocycles. The molecule has 2 amide bonds. The number of amides is 2. The lowest BCUT2D eigenvalue weighted by Gasteiger charge is -2.28. The number of hydrogen-bond acceptors (Lipinski definition) is 2. The van der Waals surface area contributed by atoms with Crippen LogP contribution in [0.3, 0.4) is 0 Å². The minimum absolute atomic E-state index is 0.172. The van der Waals surface area contributed by atoms with Crippen molar-refractivity contribution in [2.75, 3.05) is 46.8 Å².